The van der Waals surface area contributed by atoms with Gasteiger partial charge in [0, 0.05) is 19.5 Å². The fourth-order valence-corrected chi connectivity index (χ4v) is 1.87. The van der Waals surface area contributed by atoms with E-state index in [2.05, 4.69) is 5.32 Å². The molecule has 0 saturated heterocycles. The average Bonchev–Trinajstić information content (AvgIpc) is 2.43. The first-order valence-electron chi connectivity index (χ1n) is 6.82. The predicted octanol–water partition coefficient (Wildman–Crippen LogP) is 1.49. The molecule has 0 aliphatic heterocycles. The third-order valence-corrected chi connectivity index (χ3v) is 2.89. The number of hydrogen-bond donors (Lipinski definition) is 2. The first-order chi connectivity index (χ1) is 9.56. The van der Waals surface area contributed by atoms with Crippen molar-refractivity contribution in [3.63, 3.8) is 0 Å². The lowest BCUT2D eigenvalue weighted by Crippen LogP contribution is -2.19. The number of amides is 1. The Morgan fingerprint density at radius 2 is 2.20 bits per heavy atom. The molecule has 5 nitrogen and oxygen atoms in total. The summed E-state index contributed by atoms with van der Waals surface area (Å²) in [5.74, 6) is 1.62. The molecule has 0 spiro atoms. The van der Waals surface area contributed by atoms with E-state index in [0.29, 0.717) is 19.4 Å². The van der Waals surface area contributed by atoms with Crippen molar-refractivity contribution >= 4 is 5.91 Å². The number of ether oxygens (including phenoxy) is 2. The zero-order valence-electron chi connectivity index (χ0n) is 12.4. The van der Waals surface area contributed by atoms with Gasteiger partial charge in [0.2, 0.25) is 5.91 Å². The predicted molar refractivity (Wildman–Crippen MR) is 79.1 cm³/mol. The van der Waals surface area contributed by atoms with Crippen molar-refractivity contribution in [2.45, 2.75) is 32.2 Å². The van der Waals surface area contributed by atoms with Gasteiger partial charge in [-0.05, 0) is 43.5 Å². The molecule has 112 valence electrons. The van der Waals surface area contributed by atoms with Crippen LogP contribution in [0.5, 0.6) is 11.5 Å². The molecule has 20 heavy (non-hydrogen) atoms. The molecule has 0 saturated carbocycles. The molecule has 1 aromatic carbocycles. The van der Waals surface area contributed by atoms with E-state index in [4.69, 9.17) is 15.2 Å². The number of carbonyl (C=O) groups excluding carboxylic acids is 1. The number of methoxy groups -OCH3 is 1. The van der Waals surface area contributed by atoms with E-state index in [1.165, 1.54) is 0 Å². The fraction of sp³-hybridized carbons (Fsp3) is 0.533. The largest absolute Gasteiger partial charge is 0.497 e. The maximum atomic E-state index is 11.1. The summed E-state index contributed by atoms with van der Waals surface area (Å²) in [6.07, 6.45) is 1.88. The minimum Gasteiger partial charge on any atom is -0.497 e. The van der Waals surface area contributed by atoms with Crippen LogP contribution in [-0.2, 0) is 11.2 Å². The maximum absolute atomic E-state index is 11.1. The summed E-state index contributed by atoms with van der Waals surface area (Å²) in [5.41, 5.74) is 6.88. The normalized spacial score (nSPS) is 11.8. The van der Waals surface area contributed by atoms with Gasteiger partial charge in [0.15, 0.2) is 0 Å². The highest BCUT2D eigenvalue weighted by molar-refractivity contribution is 5.75. The Labute approximate surface area is 120 Å². The zero-order valence-corrected chi connectivity index (χ0v) is 12.4. The van der Waals surface area contributed by atoms with Crippen molar-refractivity contribution < 1.29 is 14.3 Å². The second-order valence-corrected chi connectivity index (χ2v) is 4.78. The van der Waals surface area contributed by atoms with Crippen molar-refractivity contribution in [3.05, 3.63) is 23.8 Å². The third-order valence-electron chi connectivity index (χ3n) is 2.89. The van der Waals surface area contributed by atoms with E-state index in [0.717, 1.165) is 23.5 Å². The van der Waals surface area contributed by atoms with Gasteiger partial charge in [-0.25, -0.2) is 0 Å². The molecule has 5 heteroatoms. The monoisotopic (exact) mass is 280 g/mol. The van der Waals surface area contributed by atoms with E-state index in [1.54, 1.807) is 14.2 Å². The standard InChI is InChI=1S/C15H24N2O3/c1-11(16)9-12-10-13(19-3)6-7-14(12)20-8-4-5-15(18)17-2/h6-7,10-11H,4-5,8-9,16H2,1-3H3,(H,17,18). The molecule has 0 bridgehead atoms. The third kappa shape index (κ3) is 5.48. The van der Waals surface area contributed by atoms with Gasteiger partial charge in [0.1, 0.15) is 11.5 Å². The minimum absolute atomic E-state index is 0.0270. The Balaban J connectivity index is 2.61. The minimum atomic E-state index is 0.0270. The summed E-state index contributed by atoms with van der Waals surface area (Å²) in [6, 6.07) is 5.74. The van der Waals surface area contributed by atoms with Gasteiger partial charge in [-0.15, -0.1) is 0 Å². The van der Waals surface area contributed by atoms with Crippen LogP contribution in [0.15, 0.2) is 18.2 Å². The van der Waals surface area contributed by atoms with Gasteiger partial charge < -0.3 is 20.5 Å². The fourth-order valence-electron chi connectivity index (χ4n) is 1.87. The van der Waals surface area contributed by atoms with Crippen LogP contribution in [-0.4, -0.2) is 32.7 Å². The highest BCUT2D eigenvalue weighted by atomic mass is 16.5. The van der Waals surface area contributed by atoms with Crippen LogP contribution in [0.3, 0.4) is 0 Å². The van der Waals surface area contributed by atoms with Crippen LogP contribution in [0.1, 0.15) is 25.3 Å². The molecular weight excluding hydrogens is 256 g/mol. The molecule has 0 fully saturated rings. The van der Waals surface area contributed by atoms with Gasteiger partial charge in [0.25, 0.3) is 0 Å². The van der Waals surface area contributed by atoms with Crippen molar-refractivity contribution in [1.29, 1.82) is 0 Å². The smallest absolute Gasteiger partial charge is 0.219 e. The van der Waals surface area contributed by atoms with Gasteiger partial charge in [0.05, 0.1) is 13.7 Å². The molecule has 1 unspecified atom stereocenters. The van der Waals surface area contributed by atoms with Crippen molar-refractivity contribution in [1.82, 2.24) is 5.32 Å². The topological polar surface area (TPSA) is 73.6 Å². The number of benzene rings is 1. The average molecular weight is 280 g/mol. The van der Waals surface area contributed by atoms with Gasteiger partial charge >= 0.3 is 0 Å². The zero-order chi connectivity index (χ0) is 15.0. The van der Waals surface area contributed by atoms with Crippen LogP contribution >= 0.6 is 0 Å². The number of nitrogens with two attached hydrogens (primary N) is 1. The second-order valence-electron chi connectivity index (χ2n) is 4.78. The molecule has 1 atom stereocenters. The number of carbonyl (C=O) groups is 1. The molecule has 0 aliphatic carbocycles. The molecule has 0 radical (unpaired) electrons. The van der Waals surface area contributed by atoms with E-state index < -0.39 is 0 Å². The lowest BCUT2D eigenvalue weighted by Gasteiger charge is -2.14. The molecule has 0 heterocycles. The molecular formula is C15H24N2O3. The second kappa shape index (κ2) is 8.43. The summed E-state index contributed by atoms with van der Waals surface area (Å²) < 4.78 is 11.0. The summed E-state index contributed by atoms with van der Waals surface area (Å²) in [5, 5.41) is 2.59. The van der Waals surface area contributed by atoms with E-state index in [-0.39, 0.29) is 11.9 Å². The van der Waals surface area contributed by atoms with E-state index in [9.17, 15) is 4.79 Å². The first kappa shape index (κ1) is 16.3. The van der Waals surface area contributed by atoms with Gasteiger partial charge in [-0.2, -0.15) is 0 Å². The quantitative estimate of drug-likeness (QED) is 0.708. The summed E-state index contributed by atoms with van der Waals surface area (Å²) in [4.78, 5) is 11.1. The summed E-state index contributed by atoms with van der Waals surface area (Å²) in [6.45, 7) is 2.46. The lowest BCUT2D eigenvalue weighted by atomic mass is 10.1. The molecule has 3 N–H and O–H groups in total. The van der Waals surface area contributed by atoms with Gasteiger partial charge in [-0.3, -0.25) is 4.79 Å². The Hall–Kier alpha value is -1.75. The SMILES string of the molecule is CNC(=O)CCCOc1ccc(OC)cc1CC(C)N. The summed E-state index contributed by atoms with van der Waals surface area (Å²) in [7, 11) is 3.27. The van der Waals surface area contributed by atoms with Gasteiger partial charge in [-0.1, -0.05) is 0 Å². The first-order valence-corrected chi connectivity index (χ1v) is 6.82. The van der Waals surface area contributed by atoms with E-state index in [1.807, 2.05) is 25.1 Å². The van der Waals surface area contributed by atoms with Crippen LogP contribution < -0.4 is 20.5 Å². The highest BCUT2D eigenvalue weighted by Crippen LogP contribution is 2.25. The molecule has 1 amide bonds. The Morgan fingerprint density at radius 3 is 2.80 bits per heavy atom. The van der Waals surface area contributed by atoms with E-state index >= 15 is 0 Å². The number of hydrogen-bond acceptors (Lipinski definition) is 4. The van der Waals surface area contributed by atoms with Crippen LogP contribution in [0.25, 0.3) is 0 Å². The Kier molecular flexibility index (Phi) is 6.87. The molecule has 0 aromatic heterocycles. The van der Waals surface area contributed by atoms with Crippen LogP contribution in [0.2, 0.25) is 0 Å². The van der Waals surface area contributed by atoms with Crippen LogP contribution in [0, 0.1) is 0 Å². The Bertz CT molecular complexity index is 433. The lowest BCUT2D eigenvalue weighted by molar-refractivity contribution is -0.120. The molecule has 1 aromatic rings. The van der Waals surface area contributed by atoms with Crippen molar-refractivity contribution in [3.8, 4) is 11.5 Å². The molecule has 0 aliphatic rings. The number of rotatable bonds is 8. The highest BCUT2D eigenvalue weighted by Gasteiger charge is 2.08. The Morgan fingerprint density at radius 1 is 1.45 bits per heavy atom. The maximum Gasteiger partial charge on any atom is 0.219 e. The van der Waals surface area contributed by atoms with Crippen molar-refractivity contribution in [2.24, 2.45) is 5.73 Å². The number of nitrogens with one attached hydrogen (secondary N) is 1. The van der Waals surface area contributed by atoms with Crippen LogP contribution in [0.4, 0.5) is 0 Å². The van der Waals surface area contributed by atoms with Crippen molar-refractivity contribution in [2.75, 3.05) is 20.8 Å². The summed E-state index contributed by atoms with van der Waals surface area (Å²) >= 11 is 0. The molecule has 1 rings (SSSR count).